The Kier molecular flexibility index (Phi) is 5.63. The topological polar surface area (TPSA) is 91.9 Å². The standard InChI is InChI=1S/C23H22ClN5O4/c24-17-5-2-1-4-16(17)15-28-11-12-29-19(22(28)31)14-18(25-29)21(30)26-7-9-27(10-8-26)23(32)20-6-3-13-33-20/h1-6,13-14H,7-12,15H2. The van der Waals surface area contributed by atoms with Crippen molar-refractivity contribution < 1.29 is 18.8 Å². The Hall–Kier alpha value is -3.59. The Morgan fingerprint density at radius 2 is 1.67 bits per heavy atom. The Balaban J connectivity index is 1.24. The lowest BCUT2D eigenvalue weighted by Gasteiger charge is -2.33. The second kappa shape index (κ2) is 8.74. The number of fused-ring (bicyclic) bond motifs is 1. The first-order valence-electron chi connectivity index (χ1n) is 10.7. The maximum atomic E-state index is 13.0. The molecule has 0 atom stereocenters. The SMILES string of the molecule is O=C(c1cc2n(n1)CCN(Cc1ccccc1Cl)C2=O)N1CCN(C(=O)c2ccco2)CC1. The number of benzene rings is 1. The highest BCUT2D eigenvalue weighted by Gasteiger charge is 2.31. The highest BCUT2D eigenvalue weighted by atomic mass is 35.5. The second-order valence-electron chi connectivity index (χ2n) is 8.02. The van der Waals surface area contributed by atoms with Crippen molar-refractivity contribution in [3.63, 3.8) is 0 Å². The number of halogens is 1. The molecule has 33 heavy (non-hydrogen) atoms. The first-order valence-corrected chi connectivity index (χ1v) is 11.1. The lowest BCUT2D eigenvalue weighted by atomic mass is 10.2. The van der Waals surface area contributed by atoms with E-state index >= 15 is 0 Å². The number of rotatable bonds is 4. The lowest BCUT2D eigenvalue weighted by Crippen LogP contribution is -2.50. The van der Waals surface area contributed by atoms with Gasteiger partial charge in [-0.1, -0.05) is 29.8 Å². The highest BCUT2D eigenvalue weighted by molar-refractivity contribution is 6.31. The molecule has 2 aliphatic heterocycles. The Labute approximate surface area is 195 Å². The van der Waals surface area contributed by atoms with Gasteiger partial charge < -0.3 is 19.1 Å². The number of nitrogens with zero attached hydrogens (tertiary/aromatic N) is 5. The molecule has 9 nitrogen and oxygen atoms in total. The van der Waals surface area contributed by atoms with Crippen molar-refractivity contribution in [1.82, 2.24) is 24.5 Å². The van der Waals surface area contributed by atoms with Crippen LogP contribution >= 0.6 is 11.6 Å². The molecule has 0 spiro atoms. The third-order valence-corrected chi connectivity index (χ3v) is 6.36. The van der Waals surface area contributed by atoms with Crippen LogP contribution in [0.1, 0.15) is 37.1 Å². The molecule has 1 saturated heterocycles. The van der Waals surface area contributed by atoms with Gasteiger partial charge in [-0.15, -0.1) is 0 Å². The van der Waals surface area contributed by atoms with Gasteiger partial charge in [-0.2, -0.15) is 5.10 Å². The largest absolute Gasteiger partial charge is 0.459 e. The summed E-state index contributed by atoms with van der Waals surface area (Å²) in [7, 11) is 0. The van der Waals surface area contributed by atoms with Crippen molar-refractivity contribution in [3.8, 4) is 0 Å². The average molecular weight is 468 g/mol. The molecule has 0 aliphatic carbocycles. The van der Waals surface area contributed by atoms with Crippen molar-refractivity contribution >= 4 is 29.3 Å². The molecule has 2 aliphatic rings. The monoisotopic (exact) mass is 467 g/mol. The van der Waals surface area contributed by atoms with Crippen molar-refractivity contribution in [3.05, 3.63) is 76.5 Å². The summed E-state index contributed by atoms with van der Waals surface area (Å²) in [5, 5.41) is 5.00. The molecule has 0 bridgehead atoms. The van der Waals surface area contributed by atoms with E-state index in [9.17, 15) is 14.4 Å². The fraction of sp³-hybridized carbons (Fsp3) is 0.304. The molecule has 0 saturated carbocycles. The predicted octanol–water partition coefficient (Wildman–Crippen LogP) is 2.38. The summed E-state index contributed by atoms with van der Waals surface area (Å²) in [6, 6.07) is 12.3. The van der Waals surface area contributed by atoms with Crippen LogP contribution in [-0.4, -0.2) is 74.9 Å². The fourth-order valence-corrected chi connectivity index (χ4v) is 4.35. The van der Waals surface area contributed by atoms with Gasteiger partial charge in [0.15, 0.2) is 11.5 Å². The van der Waals surface area contributed by atoms with Gasteiger partial charge in [0.05, 0.1) is 12.8 Å². The van der Waals surface area contributed by atoms with Gasteiger partial charge in [-0.05, 0) is 23.8 Å². The molecule has 4 heterocycles. The lowest BCUT2D eigenvalue weighted by molar-refractivity contribution is 0.0514. The molecule has 170 valence electrons. The van der Waals surface area contributed by atoms with Gasteiger partial charge in [0.2, 0.25) is 0 Å². The van der Waals surface area contributed by atoms with Gasteiger partial charge >= 0.3 is 0 Å². The minimum Gasteiger partial charge on any atom is -0.459 e. The summed E-state index contributed by atoms with van der Waals surface area (Å²) in [5.74, 6) is -0.320. The molecule has 3 aromatic rings. The van der Waals surface area contributed by atoms with E-state index in [0.29, 0.717) is 56.5 Å². The van der Waals surface area contributed by atoms with E-state index in [1.807, 2.05) is 18.2 Å². The maximum Gasteiger partial charge on any atom is 0.289 e. The van der Waals surface area contributed by atoms with Crippen molar-refractivity contribution in [2.75, 3.05) is 32.7 Å². The van der Waals surface area contributed by atoms with Crippen LogP contribution in [0.2, 0.25) is 5.02 Å². The van der Waals surface area contributed by atoms with E-state index in [0.717, 1.165) is 5.56 Å². The van der Waals surface area contributed by atoms with Crippen LogP contribution in [0, 0.1) is 0 Å². The van der Waals surface area contributed by atoms with Crippen LogP contribution in [-0.2, 0) is 13.1 Å². The maximum absolute atomic E-state index is 13.0. The Morgan fingerprint density at radius 3 is 2.36 bits per heavy atom. The van der Waals surface area contributed by atoms with Crippen LogP contribution in [0.3, 0.4) is 0 Å². The first kappa shape index (κ1) is 21.3. The molecule has 5 rings (SSSR count). The van der Waals surface area contributed by atoms with Gasteiger partial charge in [0.25, 0.3) is 17.7 Å². The molecule has 0 N–H and O–H groups in total. The van der Waals surface area contributed by atoms with E-state index in [2.05, 4.69) is 5.10 Å². The van der Waals surface area contributed by atoms with Crippen LogP contribution in [0.25, 0.3) is 0 Å². The molecule has 2 aromatic heterocycles. The number of piperazine rings is 1. The van der Waals surface area contributed by atoms with Crippen LogP contribution in [0.5, 0.6) is 0 Å². The molecule has 1 fully saturated rings. The molecule has 1 aromatic carbocycles. The summed E-state index contributed by atoms with van der Waals surface area (Å²) in [6.07, 6.45) is 1.46. The van der Waals surface area contributed by atoms with Crippen molar-refractivity contribution in [2.45, 2.75) is 13.1 Å². The van der Waals surface area contributed by atoms with E-state index in [1.165, 1.54) is 6.26 Å². The fourth-order valence-electron chi connectivity index (χ4n) is 4.16. The van der Waals surface area contributed by atoms with Crippen molar-refractivity contribution in [2.24, 2.45) is 0 Å². The quantitative estimate of drug-likeness (QED) is 0.587. The average Bonchev–Trinajstić information content (AvgIpc) is 3.52. The molecule has 0 unspecified atom stereocenters. The molecule has 3 amide bonds. The second-order valence-corrected chi connectivity index (χ2v) is 8.42. The Bertz CT molecular complexity index is 1200. The smallest absolute Gasteiger partial charge is 0.289 e. The van der Waals surface area contributed by atoms with Gasteiger partial charge in [-0.25, -0.2) is 0 Å². The number of carbonyl (C=O) groups excluding carboxylic acids is 3. The predicted molar refractivity (Wildman–Crippen MR) is 119 cm³/mol. The van der Waals surface area contributed by atoms with E-state index in [4.69, 9.17) is 16.0 Å². The number of amides is 3. The van der Waals surface area contributed by atoms with Crippen LogP contribution < -0.4 is 0 Å². The highest BCUT2D eigenvalue weighted by Crippen LogP contribution is 2.21. The summed E-state index contributed by atoms with van der Waals surface area (Å²) >= 11 is 6.25. The zero-order valence-corrected chi connectivity index (χ0v) is 18.6. The zero-order chi connectivity index (χ0) is 22.9. The van der Waals surface area contributed by atoms with E-state index < -0.39 is 0 Å². The molecule has 0 radical (unpaired) electrons. The Morgan fingerprint density at radius 1 is 0.939 bits per heavy atom. The van der Waals surface area contributed by atoms with E-state index in [-0.39, 0.29) is 29.2 Å². The summed E-state index contributed by atoms with van der Waals surface area (Å²) < 4.78 is 6.77. The number of hydrogen-bond acceptors (Lipinski definition) is 5. The van der Waals surface area contributed by atoms with Crippen LogP contribution in [0.15, 0.2) is 53.1 Å². The van der Waals surface area contributed by atoms with E-state index in [1.54, 1.807) is 43.6 Å². The minimum absolute atomic E-state index is 0.179. The minimum atomic E-state index is -0.243. The number of carbonyl (C=O) groups is 3. The first-order chi connectivity index (χ1) is 16.0. The summed E-state index contributed by atoms with van der Waals surface area (Å²) in [5.41, 5.74) is 1.51. The summed E-state index contributed by atoms with van der Waals surface area (Å²) in [6.45, 7) is 2.98. The molecule has 10 heteroatoms. The number of aromatic nitrogens is 2. The zero-order valence-electron chi connectivity index (χ0n) is 17.8. The number of furan rings is 1. The normalized spacial score (nSPS) is 16.2. The third kappa shape index (κ3) is 4.11. The van der Waals surface area contributed by atoms with Gasteiger partial charge in [-0.3, -0.25) is 19.1 Å². The van der Waals surface area contributed by atoms with Gasteiger partial charge in [0.1, 0.15) is 5.69 Å². The molecular formula is C23H22ClN5O4. The van der Waals surface area contributed by atoms with Gasteiger partial charge in [0, 0.05) is 50.4 Å². The summed E-state index contributed by atoms with van der Waals surface area (Å²) in [4.78, 5) is 43.5. The number of hydrogen-bond donors (Lipinski definition) is 0. The van der Waals surface area contributed by atoms with Crippen LogP contribution in [0.4, 0.5) is 0 Å². The molecular weight excluding hydrogens is 446 g/mol. The van der Waals surface area contributed by atoms with Crippen molar-refractivity contribution in [1.29, 1.82) is 0 Å². The third-order valence-electron chi connectivity index (χ3n) is 5.99.